The van der Waals surface area contributed by atoms with Crippen molar-refractivity contribution in [3.8, 4) is 0 Å². The first-order chi connectivity index (χ1) is 7.59. The first-order valence-electron chi connectivity index (χ1n) is 4.83. The fourth-order valence-corrected chi connectivity index (χ4v) is 1.12. The van der Waals surface area contributed by atoms with Gasteiger partial charge in [0, 0.05) is 18.4 Å². The normalized spacial score (nSPS) is 10.6. The van der Waals surface area contributed by atoms with Crippen LogP contribution < -0.4 is 5.73 Å². The predicted molar refractivity (Wildman–Crippen MR) is 58.9 cm³/mol. The molecule has 0 aliphatic rings. The van der Waals surface area contributed by atoms with Gasteiger partial charge in [-0.3, -0.25) is 9.59 Å². The van der Waals surface area contributed by atoms with E-state index in [1.165, 1.54) is 18.2 Å². The lowest BCUT2D eigenvalue weighted by molar-refractivity contribution is -0.121. The summed E-state index contributed by atoms with van der Waals surface area (Å²) >= 11 is 0. The van der Waals surface area contributed by atoms with Gasteiger partial charge in [-0.15, -0.1) is 0 Å². The fourth-order valence-electron chi connectivity index (χ4n) is 1.12. The Hall–Kier alpha value is -1.97. The van der Waals surface area contributed by atoms with Gasteiger partial charge in [-0.05, 0) is 18.2 Å². The van der Waals surface area contributed by atoms with Gasteiger partial charge in [0.25, 0.3) is 0 Å². The molecule has 0 saturated carbocycles. The van der Waals surface area contributed by atoms with Gasteiger partial charge in [0.05, 0.1) is 0 Å². The molecule has 84 valence electrons. The minimum absolute atomic E-state index is 0.0143. The molecule has 1 aromatic carbocycles. The molecule has 0 unspecified atom stereocenters. The summed E-state index contributed by atoms with van der Waals surface area (Å²) in [7, 11) is 0. The van der Waals surface area contributed by atoms with E-state index in [1.54, 1.807) is 18.2 Å². The van der Waals surface area contributed by atoms with Crippen LogP contribution in [0.4, 0.5) is 4.39 Å². The molecule has 0 aromatic heterocycles. The second kappa shape index (κ2) is 5.80. The Bertz CT molecular complexity index is 427. The molecule has 4 heteroatoms. The second-order valence-electron chi connectivity index (χ2n) is 3.29. The van der Waals surface area contributed by atoms with Crippen molar-refractivity contribution in [2.75, 3.05) is 0 Å². The molecule has 0 radical (unpaired) electrons. The zero-order valence-corrected chi connectivity index (χ0v) is 8.65. The Morgan fingerprint density at radius 2 is 1.94 bits per heavy atom. The molecule has 0 aliphatic carbocycles. The van der Waals surface area contributed by atoms with E-state index >= 15 is 0 Å². The van der Waals surface area contributed by atoms with Crippen molar-refractivity contribution in [3.05, 3.63) is 41.7 Å². The van der Waals surface area contributed by atoms with Crippen molar-refractivity contribution < 1.29 is 14.0 Å². The summed E-state index contributed by atoms with van der Waals surface area (Å²) in [4.78, 5) is 21.6. The summed E-state index contributed by atoms with van der Waals surface area (Å²) in [5.41, 5.74) is 5.24. The summed E-state index contributed by atoms with van der Waals surface area (Å²) in [5, 5.41) is 0. The van der Waals surface area contributed by atoms with E-state index in [0.29, 0.717) is 5.56 Å². The Kier molecular flexibility index (Phi) is 4.39. The molecule has 0 heterocycles. The lowest BCUT2D eigenvalue weighted by Crippen LogP contribution is -2.11. The van der Waals surface area contributed by atoms with E-state index in [-0.39, 0.29) is 24.4 Å². The van der Waals surface area contributed by atoms with Gasteiger partial charge in [0.1, 0.15) is 5.82 Å². The van der Waals surface area contributed by atoms with E-state index in [1.807, 2.05) is 0 Å². The van der Waals surface area contributed by atoms with Gasteiger partial charge in [0.15, 0.2) is 5.78 Å². The highest BCUT2D eigenvalue weighted by Crippen LogP contribution is 2.08. The van der Waals surface area contributed by atoms with E-state index in [4.69, 9.17) is 5.73 Å². The monoisotopic (exact) mass is 221 g/mol. The molecule has 1 aromatic rings. The summed E-state index contributed by atoms with van der Waals surface area (Å²) < 4.78 is 13.1. The third-order valence-corrected chi connectivity index (χ3v) is 1.97. The first kappa shape index (κ1) is 12.1. The van der Waals surface area contributed by atoms with E-state index in [2.05, 4.69) is 0 Å². The van der Waals surface area contributed by atoms with Crippen molar-refractivity contribution in [2.24, 2.45) is 5.73 Å². The third-order valence-electron chi connectivity index (χ3n) is 1.97. The smallest absolute Gasteiger partial charge is 0.217 e. The highest BCUT2D eigenvalue weighted by molar-refractivity contribution is 5.95. The molecule has 1 amide bonds. The summed E-state index contributed by atoms with van der Waals surface area (Å²) in [6.45, 7) is 0. The van der Waals surface area contributed by atoms with Gasteiger partial charge in [-0.1, -0.05) is 18.2 Å². The van der Waals surface area contributed by atoms with Crippen LogP contribution in [0.1, 0.15) is 18.4 Å². The summed E-state index contributed by atoms with van der Waals surface area (Å²) in [6.07, 6.45) is 2.71. The number of carbonyl (C=O) groups is 2. The zero-order chi connectivity index (χ0) is 12.0. The van der Waals surface area contributed by atoms with Crippen LogP contribution in [-0.2, 0) is 9.59 Å². The number of allylic oxidation sites excluding steroid dienone is 1. The molecule has 0 fully saturated rings. The quantitative estimate of drug-likeness (QED) is 0.769. The number of hydrogen-bond donors (Lipinski definition) is 1. The highest BCUT2D eigenvalue weighted by Gasteiger charge is 2.01. The molecule has 2 N–H and O–H groups in total. The Morgan fingerprint density at radius 3 is 2.56 bits per heavy atom. The standard InChI is InChI=1S/C12H12FNO2/c13-11-4-2-1-3-9(11)5-6-10(15)7-8-12(14)16/h1-6H,7-8H2,(H2,14,16)/b6-5+. The van der Waals surface area contributed by atoms with Crippen molar-refractivity contribution >= 4 is 17.8 Å². The van der Waals surface area contributed by atoms with Crippen LogP contribution in [0.5, 0.6) is 0 Å². The molecular weight excluding hydrogens is 209 g/mol. The van der Waals surface area contributed by atoms with Crippen LogP contribution in [-0.4, -0.2) is 11.7 Å². The number of ketones is 1. The van der Waals surface area contributed by atoms with Crippen LogP contribution in [0.25, 0.3) is 6.08 Å². The summed E-state index contributed by atoms with van der Waals surface area (Å²) in [6, 6.07) is 6.12. The van der Waals surface area contributed by atoms with Crippen LogP contribution in [0.3, 0.4) is 0 Å². The molecule has 0 saturated heterocycles. The number of carbonyl (C=O) groups excluding carboxylic acids is 2. The number of halogens is 1. The third kappa shape index (κ3) is 4.04. The second-order valence-corrected chi connectivity index (χ2v) is 3.29. The molecule has 1 rings (SSSR count). The van der Waals surface area contributed by atoms with Crippen molar-refractivity contribution in [2.45, 2.75) is 12.8 Å². The number of benzene rings is 1. The molecule has 0 aliphatic heterocycles. The van der Waals surface area contributed by atoms with Crippen molar-refractivity contribution in [1.82, 2.24) is 0 Å². The minimum atomic E-state index is -0.521. The summed E-state index contributed by atoms with van der Waals surface area (Å²) in [5.74, 6) is -1.16. The maximum Gasteiger partial charge on any atom is 0.217 e. The first-order valence-corrected chi connectivity index (χ1v) is 4.83. The topological polar surface area (TPSA) is 60.2 Å². The van der Waals surface area contributed by atoms with E-state index < -0.39 is 5.91 Å². The Morgan fingerprint density at radius 1 is 1.25 bits per heavy atom. The highest BCUT2D eigenvalue weighted by atomic mass is 19.1. The molecule has 16 heavy (non-hydrogen) atoms. The average molecular weight is 221 g/mol. The maximum atomic E-state index is 13.1. The van der Waals surface area contributed by atoms with Gasteiger partial charge in [-0.2, -0.15) is 0 Å². The molecule has 0 spiro atoms. The number of amides is 1. The number of hydrogen-bond acceptors (Lipinski definition) is 2. The van der Waals surface area contributed by atoms with Crippen LogP contribution in [0.15, 0.2) is 30.3 Å². The minimum Gasteiger partial charge on any atom is -0.370 e. The lowest BCUT2D eigenvalue weighted by atomic mass is 10.1. The van der Waals surface area contributed by atoms with Crippen molar-refractivity contribution in [3.63, 3.8) is 0 Å². The van der Waals surface area contributed by atoms with Crippen LogP contribution >= 0.6 is 0 Å². The Balaban J connectivity index is 2.57. The van der Waals surface area contributed by atoms with E-state index in [9.17, 15) is 14.0 Å². The largest absolute Gasteiger partial charge is 0.370 e. The molecule has 0 atom stereocenters. The van der Waals surface area contributed by atoms with Crippen LogP contribution in [0.2, 0.25) is 0 Å². The van der Waals surface area contributed by atoms with Crippen LogP contribution in [0, 0.1) is 5.82 Å². The molecular formula is C12H12FNO2. The number of rotatable bonds is 5. The average Bonchev–Trinajstić information content (AvgIpc) is 2.25. The number of nitrogens with two attached hydrogens (primary N) is 1. The number of primary amides is 1. The fraction of sp³-hybridized carbons (Fsp3) is 0.167. The van der Waals surface area contributed by atoms with Crippen molar-refractivity contribution in [1.29, 1.82) is 0 Å². The Labute approximate surface area is 92.8 Å². The molecule has 3 nitrogen and oxygen atoms in total. The van der Waals surface area contributed by atoms with Gasteiger partial charge in [0.2, 0.25) is 5.91 Å². The predicted octanol–water partition coefficient (Wildman–Crippen LogP) is 1.67. The lowest BCUT2D eigenvalue weighted by Gasteiger charge is -1.95. The SMILES string of the molecule is NC(=O)CCC(=O)/C=C/c1ccccc1F. The van der Waals surface area contributed by atoms with Gasteiger partial charge >= 0.3 is 0 Å². The molecule has 0 bridgehead atoms. The van der Waals surface area contributed by atoms with Gasteiger partial charge in [-0.25, -0.2) is 4.39 Å². The van der Waals surface area contributed by atoms with E-state index in [0.717, 1.165) is 0 Å². The maximum absolute atomic E-state index is 13.1. The van der Waals surface area contributed by atoms with Gasteiger partial charge < -0.3 is 5.73 Å². The zero-order valence-electron chi connectivity index (χ0n) is 8.65.